The molecule has 0 saturated heterocycles. The molecule has 0 fully saturated rings. The fourth-order valence-corrected chi connectivity index (χ4v) is 2.14. The van der Waals surface area contributed by atoms with Crippen LogP contribution in [0, 0.1) is 15.4 Å². The second-order valence-corrected chi connectivity index (χ2v) is 5.82. The van der Waals surface area contributed by atoms with Crippen molar-refractivity contribution in [2.24, 2.45) is 0 Å². The van der Waals surface area contributed by atoms with Crippen molar-refractivity contribution in [2.45, 2.75) is 13.3 Å². The van der Waals surface area contributed by atoms with Gasteiger partial charge in [-0.3, -0.25) is 0 Å². The average molecular weight is 440 g/mol. The molecule has 0 saturated carbocycles. The van der Waals surface area contributed by atoms with E-state index in [1.165, 1.54) is 9.13 Å². The first kappa shape index (κ1) is 18.8. The minimum atomic E-state index is 0. The van der Waals surface area contributed by atoms with Crippen molar-refractivity contribution in [1.29, 1.82) is 0 Å². The minimum Gasteiger partial charge on any atom is -0.759 e. The number of rotatable bonds is 1. The Morgan fingerprint density at radius 2 is 1.64 bits per heavy atom. The van der Waals surface area contributed by atoms with Crippen LogP contribution in [0.25, 0.3) is 0 Å². The molecule has 3 rings (SSSR count). The third kappa shape index (κ3) is 6.66. The topological polar surface area (TPSA) is 0 Å². The monoisotopic (exact) mass is 440 g/mol. The third-order valence-corrected chi connectivity index (χ3v) is 3.72. The van der Waals surface area contributed by atoms with Gasteiger partial charge in [0, 0.05) is 20.6 Å². The van der Waals surface area contributed by atoms with Gasteiger partial charge in [-0.2, -0.15) is 23.3 Å². The number of hydrogen-bond acceptors (Lipinski definition) is 0. The van der Waals surface area contributed by atoms with E-state index in [0.717, 1.165) is 17.5 Å². The summed E-state index contributed by atoms with van der Waals surface area (Å²) < 4.78 is 1.24. The molecule has 0 aliphatic carbocycles. The first-order valence-corrected chi connectivity index (χ1v) is 8.05. The van der Waals surface area contributed by atoms with Crippen LogP contribution in [-0.4, -0.2) is 0 Å². The molecule has 0 amide bonds. The van der Waals surface area contributed by atoms with E-state index < -0.39 is 0 Å². The van der Waals surface area contributed by atoms with Crippen LogP contribution in [0.3, 0.4) is 0 Å². The Hall–Kier alpha value is -1.27. The van der Waals surface area contributed by atoms with Crippen molar-refractivity contribution in [2.75, 3.05) is 0 Å². The molecule has 0 nitrogen and oxygen atoms in total. The number of hydrogen-bond donors (Lipinski definition) is 0. The second kappa shape index (κ2) is 10.5. The molecule has 0 aliphatic rings. The second-order valence-electron chi connectivity index (χ2n) is 4.58. The zero-order chi connectivity index (χ0) is 14.9. The Morgan fingerprint density at radius 1 is 1.05 bits per heavy atom. The summed E-state index contributed by atoms with van der Waals surface area (Å²) in [6.45, 7) is 2.16. The normalized spacial score (nSPS) is 8.82. The molecule has 2 heteroatoms. The summed E-state index contributed by atoms with van der Waals surface area (Å²) in [6.07, 6.45) is 1.16. The van der Waals surface area contributed by atoms with Gasteiger partial charge in [-0.05, 0) is 22.6 Å². The Balaban J connectivity index is 0.000000258. The van der Waals surface area contributed by atoms with E-state index in [9.17, 15) is 0 Å². The molecule has 0 unspecified atom stereocenters. The molecule has 0 atom stereocenters. The van der Waals surface area contributed by atoms with E-state index in [1.54, 1.807) is 0 Å². The zero-order valence-electron chi connectivity index (χ0n) is 12.4. The molecule has 3 aromatic carbocycles. The van der Waals surface area contributed by atoms with Crippen LogP contribution >= 0.6 is 22.6 Å². The van der Waals surface area contributed by atoms with Crippen molar-refractivity contribution in [3.63, 3.8) is 0 Å². The van der Waals surface area contributed by atoms with Crippen LogP contribution in [-0.2, 0) is 23.5 Å². The van der Waals surface area contributed by atoms with Crippen LogP contribution in [0.5, 0.6) is 0 Å². The summed E-state index contributed by atoms with van der Waals surface area (Å²) in [5, 5.41) is 0. The maximum atomic E-state index is 3.12. The molecule has 118 valence electrons. The molecule has 3 aromatic rings. The minimum absolute atomic E-state index is 0. The molecular formula is C20H17FeI-6. The predicted octanol–water partition coefficient (Wildman–Crippen LogP) is 5.38. The van der Waals surface area contributed by atoms with Gasteiger partial charge in [0.05, 0.1) is 0 Å². The maximum Gasteiger partial charge on any atom is 0.0129 e. The van der Waals surface area contributed by atoms with Crippen molar-refractivity contribution in [3.8, 4) is 11.8 Å². The van der Waals surface area contributed by atoms with Gasteiger partial charge in [-0.1, -0.05) is 37.6 Å². The SMILES string of the molecule is CC[c-]1cccc1.Ic1ccc(C#C[c-]2[cH-][cH-][cH-][cH-]2)cc1.[Fe]. The van der Waals surface area contributed by atoms with Crippen LogP contribution in [0.4, 0.5) is 0 Å². The summed E-state index contributed by atoms with van der Waals surface area (Å²) in [5.41, 5.74) is 3.56. The van der Waals surface area contributed by atoms with Gasteiger partial charge in [0.15, 0.2) is 0 Å². The largest absolute Gasteiger partial charge is 0.759 e. The van der Waals surface area contributed by atoms with Crippen molar-refractivity contribution in [3.05, 3.63) is 93.1 Å². The van der Waals surface area contributed by atoms with Crippen molar-refractivity contribution in [1.82, 2.24) is 0 Å². The summed E-state index contributed by atoms with van der Waals surface area (Å²) in [4.78, 5) is 0. The van der Waals surface area contributed by atoms with Gasteiger partial charge in [-0.25, -0.2) is 12.1 Å². The van der Waals surface area contributed by atoms with E-state index >= 15 is 0 Å². The van der Waals surface area contributed by atoms with Crippen LogP contribution in [0.15, 0.2) is 72.8 Å². The molecular weight excluding hydrogens is 423 g/mol. The van der Waals surface area contributed by atoms with Crippen molar-refractivity contribution < 1.29 is 17.1 Å². The first-order valence-electron chi connectivity index (χ1n) is 6.98. The van der Waals surface area contributed by atoms with Crippen molar-refractivity contribution >= 4 is 22.6 Å². The fourth-order valence-electron chi connectivity index (χ4n) is 1.78. The molecule has 0 radical (unpaired) electrons. The first-order chi connectivity index (χ1) is 10.3. The van der Waals surface area contributed by atoms with Gasteiger partial charge in [0.1, 0.15) is 0 Å². The number of benzene rings is 1. The molecule has 0 spiro atoms. The standard InChI is InChI=1S/C13H8I.C7H9.Fe/c14-13-9-7-12(8-10-13)6-5-11-3-1-2-4-11;1-2-7-5-3-4-6-7;/h1-4,7-10H;3-6H,2H2,1H3;/q-5;-1;. The summed E-state index contributed by atoms with van der Waals surface area (Å²) in [7, 11) is 0. The van der Waals surface area contributed by atoms with Gasteiger partial charge in [-0.15, -0.1) is 0 Å². The molecule has 0 heterocycles. The Labute approximate surface area is 157 Å². The smallest absolute Gasteiger partial charge is 0.0129 e. The molecule has 0 aliphatic heterocycles. The fraction of sp³-hybridized carbons (Fsp3) is 0.100. The van der Waals surface area contributed by atoms with E-state index in [4.69, 9.17) is 0 Å². The quantitative estimate of drug-likeness (QED) is 0.207. The predicted molar refractivity (Wildman–Crippen MR) is 98.6 cm³/mol. The van der Waals surface area contributed by atoms with Crippen LogP contribution < -0.4 is 0 Å². The molecule has 22 heavy (non-hydrogen) atoms. The van der Waals surface area contributed by atoms with E-state index in [1.807, 2.05) is 36.4 Å². The Bertz CT molecular complexity index is 681. The maximum absolute atomic E-state index is 3.12. The third-order valence-electron chi connectivity index (χ3n) is 3.00. The Kier molecular flexibility index (Phi) is 8.92. The van der Waals surface area contributed by atoms with Gasteiger partial charge in [0.25, 0.3) is 0 Å². The zero-order valence-corrected chi connectivity index (χ0v) is 15.6. The van der Waals surface area contributed by atoms with Crippen LogP contribution in [0.2, 0.25) is 0 Å². The summed E-state index contributed by atoms with van der Waals surface area (Å²) >= 11 is 2.29. The summed E-state index contributed by atoms with van der Waals surface area (Å²) in [5.74, 6) is 6.23. The number of halogens is 1. The Morgan fingerprint density at radius 3 is 2.14 bits per heavy atom. The molecule has 0 aromatic heterocycles. The van der Waals surface area contributed by atoms with E-state index in [2.05, 4.69) is 77.8 Å². The number of aryl methyl sites for hydroxylation is 1. The van der Waals surface area contributed by atoms with E-state index in [-0.39, 0.29) is 17.1 Å². The van der Waals surface area contributed by atoms with Crippen LogP contribution in [0.1, 0.15) is 23.6 Å². The van der Waals surface area contributed by atoms with Gasteiger partial charge >= 0.3 is 0 Å². The molecule has 0 N–H and O–H groups in total. The summed E-state index contributed by atoms with van der Waals surface area (Å²) in [6, 6.07) is 24.6. The van der Waals surface area contributed by atoms with Gasteiger partial charge < -0.3 is 41.7 Å². The average Bonchev–Trinajstić information content (AvgIpc) is 3.21. The molecule has 0 bridgehead atoms. The van der Waals surface area contributed by atoms with Gasteiger partial charge in [0.2, 0.25) is 0 Å². The van der Waals surface area contributed by atoms with E-state index in [0.29, 0.717) is 0 Å².